The maximum absolute atomic E-state index is 8.79. The predicted molar refractivity (Wildman–Crippen MR) is 79.1 cm³/mol. The van der Waals surface area contributed by atoms with Crippen LogP contribution in [0.5, 0.6) is 0 Å². The number of hydrogen-bond donors (Lipinski definition) is 2. The van der Waals surface area contributed by atoms with Crippen LogP contribution in [-0.4, -0.2) is 37.9 Å². The van der Waals surface area contributed by atoms with E-state index in [2.05, 4.69) is 21.2 Å². The quantitative estimate of drug-likeness (QED) is 0.382. The van der Waals surface area contributed by atoms with E-state index in [9.17, 15) is 0 Å². The fourth-order valence-electron chi connectivity index (χ4n) is 2.88. The monoisotopic (exact) mass is 293 g/mol. The van der Waals surface area contributed by atoms with Gasteiger partial charge in [-0.2, -0.15) is 0 Å². The van der Waals surface area contributed by atoms with Crippen molar-refractivity contribution < 1.29 is 5.21 Å². The Morgan fingerprint density at radius 1 is 1.55 bits per heavy atom. The lowest BCUT2D eigenvalue weighted by molar-refractivity contribution is 0.212. The molecule has 108 valence electrons. The number of nitrogens with two attached hydrogens (primary N) is 1. The van der Waals surface area contributed by atoms with Crippen LogP contribution >= 0.6 is 11.3 Å². The van der Waals surface area contributed by atoms with E-state index in [0.717, 1.165) is 17.2 Å². The van der Waals surface area contributed by atoms with Crippen LogP contribution in [0.25, 0.3) is 4.96 Å². The zero-order chi connectivity index (χ0) is 13.9. The highest BCUT2D eigenvalue weighted by Gasteiger charge is 2.24. The van der Waals surface area contributed by atoms with E-state index in [4.69, 9.17) is 10.9 Å². The first-order valence-corrected chi connectivity index (χ1v) is 7.76. The lowest BCUT2D eigenvalue weighted by Gasteiger charge is -2.27. The molecule has 0 aliphatic heterocycles. The molecule has 3 N–H and O–H groups in total. The van der Waals surface area contributed by atoms with Crippen molar-refractivity contribution in [1.82, 2.24) is 14.3 Å². The van der Waals surface area contributed by atoms with Crippen LogP contribution in [0.15, 0.2) is 22.9 Å². The predicted octanol–water partition coefficient (Wildman–Crippen LogP) is 1.89. The van der Waals surface area contributed by atoms with Gasteiger partial charge in [0.1, 0.15) is 0 Å². The first-order valence-electron chi connectivity index (χ1n) is 6.88. The topological polar surface area (TPSA) is 79.2 Å². The summed E-state index contributed by atoms with van der Waals surface area (Å²) in [5, 5.41) is 13.9. The molecule has 1 aliphatic rings. The summed E-state index contributed by atoms with van der Waals surface area (Å²) in [4.78, 5) is 7.90. The molecule has 0 atom stereocenters. The summed E-state index contributed by atoms with van der Waals surface area (Å²) in [6, 6.07) is 0.509. The Kier molecular flexibility index (Phi) is 3.88. The first kappa shape index (κ1) is 13.4. The fraction of sp³-hybridized carbons (Fsp3) is 0.538. The molecule has 0 saturated heterocycles. The van der Waals surface area contributed by atoms with Gasteiger partial charge in [0.15, 0.2) is 10.8 Å². The van der Waals surface area contributed by atoms with Gasteiger partial charge in [-0.1, -0.05) is 18.0 Å². The Hall–Kier alpha value is -1.60. The number of nitrogens with zero attached hydrogens (tertiary/aromatic N) is 4. The molecule has 0 amide bonds. The van der Waals surface area contributed by atoms with Crippen LogP contribution in [0, 0.1) is 0 Å². The normalized spacial score (nSPS) is 17.6. The Bertz CT molecular complexity index is 570. The largest absolute Gasteiger partial charge is 0.409 e. The second-order valence-corrected chi connectivity index (χ2v) is 6.13. The number of amidine groups is 1. The molecule has 2 aromatic rings. The van der Waals surface area contributed by atoms with Crippen molar-refractivity contribution in [3.8, 4) is 0 Å². The molecule has 0 spiro atoms. The molecule has 0 bridgehead atoms. The van der Waals surface area contributed by atoms with Crippen molar-refractivity contribution in [1.29, 1.82) is 0 Å². The van der Waals surface area contributed by atoms with Crippen LogP contribution in [0.3, 0.4) is 0 Å². The molecule has 1 saturated carbocycles. The Labute approximate surface area is 121 Å². The minimum Gasteiger partial charge on any atom is -0.409 e. The van der Waals surface area contributed by atoms with Gasteiger partial charge in [-0.05, 0) is 12.8 Å². The molecule has 2 heterocycles. The first-order chi connectivity index (χ1) is 9.76. The van der Waals surface area contributed by atoms with Crippen molar-refractivity contribution in [2.45, 2.75) is 38.3 Å². The average Bonchev–Trinajstić information content (AvgIpc) is 3.13. The van der Waals surface area contributed by atoms with Gasteiger partial charge in [-0.3, -0.25) is 9.30 Å². The third-order valence-corrected chi connectivity index (χ3v) is 4.61. The molecular formula is C13H19N5OS. The van der Waals surface area contributed by atoms with Gasteiger partial charge in [-0.15, -0.1) is 11.3 Å². The van der Waals surface area contributed by atoms with Crippen molar-refractivity contribution >= 4 is 22.1 Å². The van der Waals surface area contributed by atoms with E-state index in [1.165, 1.54) is 25.7 Å². The van der Waals surface area contributed by atoms with Crippen LogP contribution in [-0.2, 0) is 6.54 Å². The van der Waals surface area contributed by atoms with Crippen LogP contribution < -0.4 is 5.73 Å². The average molecular weight is 293 g/mol. The maximum atomic E-state index is 8.79. The Morgan fingerprint density at radius 2 is 2.35 bits per heavy atom. The third-order valence-electron chi connectivity index (χ3n) is 3.84. The summed E-state index contributed by atoms with van der Waals surface area (Å²) in [5.74, 6) is 0.262. The highest BCUT2D eigenvalue weighted by atomic mass is 32.1. The summed E-state index contributed by atoms with van der Waals surface area (Å²) < 4.78 is 2.04. The van der Waals surface area contributed by atoms with Gasteiger partial charge in [0.2, 0.25) is 0 Å². The van der Waals surface area contributed by atoms with Crippen molar-refractivity contribution in [3.63, 3.8) is 0 Å². The van der Waals surface area contributed by atoms with Crippen molar-refractivity contribution in [2.24, 2.45) is 10.9 Å². The molecule has 2 aromatic heterocycles. The minimum absolute atomic E-state index is 0.262. The van der Waals surface area contributed by atoms with Gasteiger partial charge in [0.25, 0.3) is 0 Å². The Morgan fingerprint density at radius 3 is 3.05 bits per heavy atom. The second kappa shape index (κ2) is 5.80. The molecule has 20 heavy (non-hydrogen) atoms. The molecular weight excluding hydrogens is 274 g/mol. The van der Waals surface area contributed by atoms with E-state index >= 15 is 0 Å². The number of hydrogen-bond acceptors (Lipinski definition) is 5. The number of imidazole rings is 1. The van der Waals surface area contributed by atoms with Gasteiger partial charge in [-0.25, -0.2) is 4.98 Å². The number of fused-ring (bicyclic) bond motifs is 1. The highest BCUT2D eigenvalue weighted by molar-refractivity contribution is 7.15. The molecule has 0 aromatic carbocycles. The molecule has 1 aliphatic carbocycles. The number of rotatable bonds is 5. The summed E-state index contributed by atoms with van der Waals surface area (Å²) in [7, 11) is 0. The molecule has 6 nitrogen and oxygen atoms in total. The Balaban J connectivity index is 1.75. The lowest BCUT2D eigenvalue weighted by Crippen LogP contribution is -2.39. The molecule has 1 fully saturated rings. The van der Waals surface area contributed by atoms with E-state index in [1.54, 1.807) is 11.3 Å². The van der Waals surface area contributed by atoms with Crippen molar-refractivity contribution in [2.75, 3.05) is 6.54 Å². The molecule has 3 rings (SSSR count). The van der Waals surface area contributed by atoms with Gasteiger partial charge >= 0.3 is 0 Å². The van der Waals surface area contributed by atoms with E-state index in [-0.39, 0.29) is 5.84 Å². The van der Waals surface area contributed by atoms with Crippen LogP contribution in [0.2, 0.25) is 0 Å². The summed E-state index contributed by atoms with van der Waals surface area (Å²) in [6.45, 7) is 1.24. The van der Waals surface area contributed by atoms with E-state index in [1.807, 2.05) is 16.0 Å². The van der Waals surface area contributed by atoms with Crippen molar-refractivity contribution in [3.05, 3.63) is 23.5 Å². The second-order valence-electron chi connectivity index (χ2n) is 5.26. The smallest absolute Gasteiger partial charge is 0.193 e. The standard InChI is InChI=1S/C13H19N5OS/c14-12(16-19)9-18(11-3-1-2-4-11)8-10-7-17-5-6-20-13(17)15-10/h5-7,11,19H,1-4,8-9H2,(H2,14,16). The summed E-state index contributed by atoms with van der Waals surface area (Å²) >= 11 is 1.63. The summed E-state index contributed by atoms with van der Waals surface area (Å²) in [5.41, 5.74) is 6.72. The minimum atomic E-state index is 0.262. The number of oxime groups is 1. The lowest BCUT2D eigenvalue weighted by atomic mass is 10.2. The van der Waals surface area contributed by atoms with E-state index in [0.29, 0.717) is 12.6 Å². The fourth-order valence-corrected chi connectivity index (χ4v) is 3.60. The third kappa shape index (κ3) is 2.78. The van der Waals surface area contributed by atoms with Gasteiger partial charge < -0.3 is 10.9 Å². The van der Waals surface area contributed by atoms with Gasteiger partial charge in [0, 0.05) is 30.4 Å². The number of thiazole rings is 1. The maximum Gasteiger partial charge on any atom is 0.193 e. The zero-order valence-electron chi connectivity index (χ0n) is 11.3. The molecule has 7 heteroatoms. The SMILES string of the molecule is N/C(CN(Cc1cn2ccsc2n1)C1CCCC1)=N/O. The van der Waals surface area contributed by atoms with Crippen LogP contribution in [0.4, 0.5) is 0 Å². The van der Waals surface area contributed by atoms with E-state index < -0.39 is 0 Å². The van der Waals surface area contributed by atoms with Gasteiger partial charge in [0.05, 0.1) is 12.2 Å². The highest BCUT2D eigenvalue weighted by Crippen LogP contribution is 2.25. The summed E-state index contributed by atoms with van der Waals surface area (Å²) in [6.07, 6.45) is 8.95. The zero-order valence-corrected chi connectivity index (χ0v) is 12.1. The van der Waals surface area contributed by atoms with Crippen LogP contribution in [0.1, 0.15) is 31.4 Å². The number of aromatic nitrogens is 2. The molecule has 0 radical (unpaired) electrons. The molecule has 0 unspecified atom stereocenters.